The Labute approximate surface area is 205 Å². The fourth-order valence-electron chi connectivity index (χ4n) is 4.97. The molecule has 0 radical (unpaired) electrons. The Morgan fingerprint density at radius 1 is 0.886 bits per heavy atom. The van der Waals surface area contributed by atoms with E-state index >= 15 is 0 Å². The number of ether oxygens (including phenoxy) is 1. The van der Waals surface area contributed by atoms with Crippen molar-refractivity contribution >= 4 is 11.7 Å². The summed E-state index contributed by atoms with van der Waals surface area (Å²) < 4.78 is 73.7. The highest BCUT2D eigenvalue weighted by molar-refractivity contribution is 5.83. The van der Waals surface area contributed by atoms with Gasteiger partial charge in [0, 0.05) is 18.2 Å². The van der Waals surface area contributed by atoms with Crippen molar-refractivity contribution in [2.75, 3.05) is 13.7 Å². The molecule has 1 aliphatic rings. The molecule has 0 heterocycles. The Morgan fingerprint density at radius 3 is 1.91 bits per heavy atom. The van der Waals surface area contributed by atoms with Crippen LogP contribution in [0.25, 0.3) is 11.7 Å². The summed E-state index contributed by atoms with van der Waals surface area (Å²) in [6.07, 6.45) is 3.84. The van der Waals surface area contributed by atoms with Gasteiger partial charge in [-0.15, -0.1) is 0 Å². The van der Waals surface area contributed by atoms with E-state index in [0.717, 1.165) is 24.3 Å². The largest absolute Gasteiger partial charge is 0.394 e. The highest BCUT2D eigenvalue weighted by Gasteiger charge is 2.39. The van der Waals surface area contributed by atoms with Gasteiger partial charge in [0.1, 0.15) is 0 Å². The standard InChI is InChI=1S/C29H35F5O/c1-3-4-5-20-6-10-22(11-7-20)23-14-16-25(17-15-23)28(31)27(30)24-12-8-21(9-13-24)18-26(19-35-2)29(32,33)34/h8-9,12-17,20,22,26H,3-7,10-11,18-19H2,1-2H3/b28-27-. The first kappa shape index (κ1) is 27.4. The molecule has 1 unspecified atom stereocenters. The lowest BCUT2D eigenvalue weighted by Crippen LogP contribution is -2.29. The minimum Gasteiger partial charge on any atom is -0.384 e. The smallest absolute Gasteiger partial charge is 0.384 e. The van der Waals surface area contributed by atoms with Crippen molar-refractivity contribution in [2.45, 2.75) is 70.4 Å². The van der Waals surface area contributed by atoms with Crippen molar-refractivity contribution in [3.63, 3.8) is 0 Å². The van der Waals surface area contributed by atoms with E-state index in [-0.39, 0.29) is 17.5 Å². The summed E-state index contributed by atoms with van der Waals surface area (Å²) >= 11 is 0. The van der Waals surface area contributed by atoms with Crippen molar-refractivity contribution in [2.24, 2.45) is 11.8 Å². The van der Waals surface area contributed by atoms with Gasteiger partial charge in [-0.05, 0) is 55.1 Å². The van der Waals surface area contributed by atoms with E-state index in [1.807, 2.05) is 12.1 Å². The number of hydrogen-bond donors (Lipinski definition) is 0. The number of unbranched alkanes of at least 4 members (excludes halogenated alkanes) is 1. The van der Waals surface area contributed by atoms with Crippen LogP contribution in [0.4, 0.5) is 22.0 Å². The molecule has 3 rings (SSSR count). The van der Waals surface area contributed by atoms with Gasteiger partial charge in [0.05, 0.1) is 12.5 Å². The van der Waals surface area contributed by atoms with E-state index in [1.165, 1.54) is 63.5 Å². The van der Waals surface area contributed by atoms with Gasteiger partial charge in [0.25, 0.3) is 0 Å². The number of benzene rings is 2. The summed E-state index contributed by atoms with van der Waals surface area (Å²) in [4.78, 5) is 0. The Bertz CT molecular complexity index is 939. The zero-order chi connectivity index (χ0) is 25.4. The maximum atomic E-state index is 14.9. The molecule has 1 nitrogen and oxygen atoms in total. The van der Waals surface area contributed by atoms with Crippen LogP contribution in [0, 0.1) is 11.8 Å². The number of hydrogen-bond acceptors (Lipinski definition) is 1. The van der Waals surface area contributed by atoms with E-state index in [2.05, 4.69) is 11.7 Å². The lowest BCUT2D eigenvalue weighted by molar-refractivity contribution is -0.185. The highest BCUT2D eigenvalue weighted by Crippen LogP contribution is 2.38. The maximum absolute atomic E-state index is 14.9. The predicted octanol–water partition coefficient (Wildman–Crippen LogP) is 9.28. The Kier molecular flexibility index (Phi) is 9.90. The van der Waals surface area contributed by atoms with Crippen LogP contribution in [0.3, 0.4) is 0 Å². The third-order valence-electron chi connectivity index (χ3n) is 7.16. The number of rotatable bonds is 10. The second-order valence-corrected chi connectivity index (χ2v) is 9.70. The Balaban J connectivity index is 1.65. The van der Waals surface area contributed by atoms with Gasteiger partial charge < -0.3 is 4.74 Å². The maximum Gasteiger partial charge on any atom is 0.394 e. The van der Waals surface area contributed by atoms with Crippen LogP contribution in [0.1, 0.15) is 80.0 Å². The molecule has 35 heavy (non-hydrogen) atoms. The van der Waals surface area contributed by atoms with E-state index in [4.69, 9.17) is 0 Å². The lowest BCUT2D eigenvalue weighted by Gasteiger charge is -2.28. The summed E-state index contributed by atoms with van der Waals surface area (Å²) in [5, 5.41) is 0. The fourth-order valence-corrected chi connectivity index (χ4v) is 4.97. The van der Waals surface area contributed by atoms with Crippen molar-refractivity contribution in [3.8, 4) is 0 Å². The quantitative estimate of drug-likeness (QED) is 0.236. The molecule has 0 amide bonds. The van der Waals surface area contributed by atoms with Gasteiger partial charge in [0.2, 0.25) is 0 Å². The van der Waals surface area contributed by atoms with E-state index < -0.39 is 30.4 Å². The lowest BCUT2D eigenvalue weighted by atomic mass is 9.77. The van der Waals surface area contributed by atoms with Gasteiger partial charge >= 0.3 is 6.18 Å². The van der Waals surface area contributed by atoms with Crippen LogP contribution in [-0.2, 0) is 11.2 Å². The molecule has 1 aliphatic carbocycles. The molecular formula is C29H35F5O. The molecule has 0 aliphatic heterocycles. The van der Waals surface area contributed by atoms with Crippen LogP contribution in [0.15, 0.2) is 48.5 Å². The van der Waals surface area contributed by atoms with Gasteiger partial charge in [-0.1, -0.05) is 74.7 Å². The van der Waals surface area contributed by atoms with Crippen molar-refractivity contribution in [1.82, 2.24) is 0 Å². The summed E-state index contributed by atoms with van der Waals surface area (Å²) in [7, 11) is 1.22. The van der Waals surface area contributed by atoms with E-state index in [9.17, 15) is 22.0 Å². The zero-order valence-electron chi connectivity index (χ0n) is 20.5. The van der Waals surface area contributed by atoms with Crippen molar-refractivity contribution in [3.05, 3.63) is 70.8 Å². The monoisotopic (exact) mass is 494 g/mol. The number of halogens is 5. The molecular weight excluding hydrogens is 459 g/mol. The van der Waals surface area contributed by atoms with Crippen LogP contribution in [0.5, 0.6) is 0 Å². The zero-order valence-corrected chi connectivity index (χ0v) is 20.5. The Morgan fingerprint density at radius 2 is 1.43 bits per heavy atom. The first-order valence-electron chi connectivity index (χ1n) is 12.5. The normalized spacial score (nSPS) is 20.4. The summed E-state index contributed by atoms with van der Waals surface area (Å²) in [5.41, 5.74) is 1.70. The topological polar surface area (TPSA) is 9.23 Å². The first-order chi connectivity index (χ1) is 16.7. The molecule has 1 saturated carbocycles. The first-order valence-corrected chi connectivity index (χ1v) is 12.5. The third kappa shape index (κ3) is 7.63. The number of methoxy groups -OCH3 is 1. The second-order valence-electron chi connectivity index (χ2n) is 9.70. The molecule has 192 valence electrons. The molecule has 2 aromatic carbocycles. The highest BCUT2D eigenvalue weighted by atomic mass is 19.4. The third-order valence-corrected chi connectivity index (χ3v) is 7.16. The van der Waals surface area contributed by atoms with Crippen molar-refractivity contribution < 1.29 is 26.7 Å². The van der Waals surface area contributed by atoms with E-state index in [0.29, 0.717) is 11.5 Å². The molecule has 6 heteroatoms. The minimum atomic E-state index is -4.40. The molecule has 1 fully saturated rings. The molecule has 0 saturated heterocycles. The van der Waals surface area contributed by atoms with Gasteiger partial charge in [-0.2, -0.15) is 13.2 Å². The van der Waals surface area contributed by atoms with Crippen LogP contribution >= 0.6 is 0 Å². The average Bonchev–Trinajstić information content (AvgIpc) is 2.86. The van der Waals surface area contributed by atoms with Gasteiger partial charge in [-0.25, -0.2) is 8.78 Å². The molecule has 0 aromatic heterocycles. The van der Waals surface area contributed by atoms with E-state index in [1.54, 1.807) is 12.1 Å². The second kappa shape index (κ2) is 12.7. The van der Waals surface area contributed by atoms with Gasteiger partial charge in [0.15, 0.2) is 11.7 Å². The van der Waals surface area contributed by atoms with Crippen molar-refractivity contribution in [1.29, 1.82) is 0 Å². The average molecular weight is 495 g/mol. The number of alkyl halides is 3. The molecule has 0 spiro atoms. The fraction of sp³-hybridized carbons (Fsp3) is 0.517. The van der Waals surface area contributed by atoms with Gasteiger partial charge in [-0.3, -0.25) is 0 Å². The molecule has 0 N–H and O–H groups in total. The minimum absolute atomic E-state index is 0.00368. The summed E-state index contributed by atoms with van der Waals surface area (Å²) in [6.45, 7) is 1.76. The SMILES string of the molecule is CCCCC1CCC(c2ccc(/C(F)=C(/F)c3ccc(CC(COC)C(F)(F)F)cc3)cc2)CC1. The van der Waals surface area contributed by atoms with Crippen LogP contribution < -0.4 is 0 Å². The van der Waals surface area contributed by atoms with Crippen LogP contribution in [-0.4, -0.2) is 19.9 Å². The predicted molar refractivity (Wildman–Crippen MR) is 131 cm³/mol. The summed E-state index contributed by atoms with van der Waals surface area (Å²) in [5.74, 6) is -2.37. The molecule has 0 bridgehead atoms. The molecule has 2 aromatic rings. The summed E-state index contributed by atoms with van der Waals surface area (Å²) in [6, 6.07) is 12.4. The molecule has 1 atom stereocenters. The van der Waals surface area contributed by atoms with Crippen LogP contribution in [0.2, 0.25) is 0 Å². The Hall–Kier alpha value is -2.21.